The maximum Gasteiger partial charge on any atom is 0.341 e. The van der Waals surface area contributed by atoms with Crippen molar-refractivity contribution in [2.75, 3.05) is 6.38 Å². The second-order valence-corrected chi connectivity index (χ2v) is 7.63. The SMILES string of the molecule is CC(C)OC(=O)c1cc2c(cc1F)c1cccc3c1c([n+]2C)-c1cc(F)ccc1O3.CCl. The number of pyridine rings is 1. The summed E-state index contributed by atoms with van der Waals surface area (Å²) in [6.07, 6.45) is 1.11. The number of alkyl halides is 1. The van der Waals surface area contributed by atoms with Crippen LogP contribution in [0.5, 0.6) is 11.5 Å². The Morgan fingerprint density at radius 3 is 2.50 bits per heavy atom. The number of halogens is 3. The quantitative estimate of drug-likeness (QED) is 0.136. The van der Waals surface area contributed by atoms with Crippen LogP contribution in [0.4, 0.5) is 8.78 Å². The Morgan fingerprint density at radius 2 is 1.78 bits per heavy atom. The average Bonchev–Trinajstić information content (AvgIpc) is 2.77. The third-order valence-electron chi connectivity index (χ3n) is 5.31. The molecular weight excluding hydrogens is 436 g/mol. The maximum absolute atomic E-state index is 14.9. The number of fused-ring (bicyclic) bond motifs is 4. The normalized spacial score (nSPS) is 11.6. The van der Waals surface area contributed by atoms with Crippen LogP contribution in [0.15, 0.2) is 48.5 Å². The molecule has 0 fully saturated rings. The number of carbonyl (C=O) groups is 1. The summed E-state index contributed by atoms with van der Waals surface area (Å²) in [5.41, 5.74) is 1.83. The highest BCUT2D eigenvalue weighted by atomic mass is 35.5. The molecule has 0 radical (unpaired) electrons. The summed E-state index contributed by atoms with van der Waals surface area (Å²) in [4.78, 5) is 12.4. The lowest BCUT2D eigenvalue weighted by Gasteiger charge is -2.20. The Balaban J connectivity index is 0.00000119. The van der Waals surface area contributed by atoms with Crippen LogP contribution in [0.3, 0.4) is 0 Å². The predicted molar refractivity (Wildman–Crippen MR) is 120 cm³/mol. The van der Waals surface area contributed by atoms with E-state index >= 15 is 0 Å². The first-order valence-electron chi connectivity index (χ1n) is 9.99. The van der Waals surface area contributed by atoms with E-state index in [0.29, 0.717) is 28.0 Å². The number of nitrogens with zero attached hydrogens (tertiary/aromatic N) is 1. The summed E-state index contributed by atoms with van der Waals surface area (Å²) in [7, 11) is 1.81. The van der Waals surface area contributed by atoms with Gasteiger partial charge in [0.15, 0.2) is 0 Å². The standard InChI is InChI=1S/C24H18F2NO3.CH3Cl/c1-12(2)29-24(28)16-11-19-15(10-18(16)26)14-5-4-6-21-22(14)23(27(19)3)17-9-13(25)7-8-20(17)30-21;1-2/h4-12H,1-3H3;1H3/q+1;. The van der Waals surface area contributed by atoms with Crippen molar-refractivity contribution in [1.82, 2.24) is 0 Å². The van der Waals surface area contributed by atoms with E-state index in [1.165, 1.54) is 30.6 Å². The van der Waals surface area contributed by atoms with Gasteiger partial charge in [-0.1, -0.05) is 12.1 Å². The lowest BCUT2D eigenvalue weighted by Crippen LogP contribution is -2.34. The Morgan fingerprint density at radius 1 is 1.03 bits per heavy atom. The largest absolute Gasteiger partial charge is 0.459 e. The van der Waals surface area contributed by atoms with E-state index in [4.69, 9.17) is 9.47 Å². The number of hydrogen-bond acceptors (Lipinski definition) is 3. The number of hydrogen-bond donors (Lipinski definition) is 0. The molecular formula is C25H21ClF2NO3+. The Hall–Kier alpha value is -3.25. The number of aryl methyl sites for hydroxylation is 1. The molecule has 0 aliphatic carbocycles. The van der Waals surface area contributed by atoms with E-state index in [0.717, 1.165) is 16.5 Å². The number of carbonyl (C=O) groups excluding carboxylic acids is 1. The molecule has 0 unspecified atom stereocenters. The van der Waals surface area contributed by atoms with Gasteiger partial charge in [0.05, 0.1) is 22.4 Å². The summed E-state index contributed by atoms with van der Waals surface area (Å²) in [6, 6.07) is 12.7. The zero-order valence-corrected chi connectivity index (χ0v) is 18.8. The zero-order valence-electron chi connectivity index (χ0n) is 18.0. The van der Waals surface area contributed by atoms with Crippen LogP contribution in [0, 0.1) is 11.6 Å². The molecule has 3 aromatic carbocycles. The maximum atomic E-state index is 14.9. The highest BCUT2D eigenvalue weighted by Crippen LogP contribution is 2.46. The molecule has 164 valence electrons. The first-order chi connectivity index (χ1) is 15.3. The van der Waals surface area contributed by atoms with Crippen LogP contribution in [0.2, 0.25) is 0 Å². The lowest BCUT2D eigenvalue weighted by molar-refractivity contribution is -0.632. The van der Waals surface area contributed by atoms with Gasteiger partial charge in [-0.05, 0) is 44.2 Å². The highest BCUT2D eigenvalue weighted by Gasteiger charge is 2.31. The van der Waals surface area contributed by atoms with Crippen molar-refractivity contribution in [2.24, 2.45) is 7.05 Å². The van der Waals surface area contributed by atoms with Crippen molar-refractivity contribution in [2.45, 2.75) is 20.0 Å². The highest BCUT2D eigenvalue weighted by molar-refractivity contribution is 6.15. The summed E-state index contributed by atoms with van der Waals surface area (Å²) in [5.74, 6) is -0.611. The van der Waals surface area contributed by atoms with Gasteiger partial charge >= 0.3 is 5.97 Å². The average molecular weight is 457 g/mol. The van der Waals surface area contributed by atoms with Crippen LogP contribution in [-0.2, 0) is 11.8 Å². The van der Waals surface area contributed by atoms with Crippen molar-refractivity contribution in [3.63, 3.8) is 0 Å². The number of benzene rings is 3. The number of ether oxygens (including phenoxy) is 2. The third kappa shape index (κ3) is 3.45. The molecule has 4 aromatic rings. The molecule has 1 aliphatic rings. The minimum absolute atomic E-state index is 0.138. The predicted octanol–water partition coefficient (Wildman–Crippen LogP) is 6.29. The minimum atomic E-state index is -0.721. The van der Waals surface area contributed by atoms with Gasteiger partial charge in [0, 0.05) is 17.8 Å². The van der Waals surface area contributed by atoms with E-state index in [9.17, 15) is 13.6 Å². The van der Waals surface area contributed by atoms with Gasteiger partial charge in [-0.3, -0.25) is 0 Å². The smallest absolute Gasteiger partial charge is 0.341 e. The van der Waals surface area contributed by atoms with E-state index in [2.05, 4.69) is 11.6 Å². The number of esters is 1. The van der Waals surface area contributed by atoms with Crippen LogP contribution in [-0.4, -0.2) is 18.5 Å². The molecule has 0 saturated heterocycles. The van der Waals surface area contributed by atoms with Crippen LogP contribution in [0.25, 0.3) is 32.9 Å². The molecule has 0 amide bonds. The number of rotatable bonds is 2. The molecule has 7 heteroatoms. The monoisotopic (exact) mass is 456 g/mol. The van der Waals surface area contributed by atoms with Gasteiger partial charge < -0.3 is 9.47 Å². The first kappa shape index (κ1) is 22.0. The molecule has 0 N–H and O–H groups in total. The molecule has 0 saturated carbocycles. The van der Waals surface area contributed by atoms with E-state index in [1.807, 2.05) is 29.8 Å². The van der Waals surface area contributed by atoms with Crippen LogP contribution >= 0.6 is 11.6 Å². The van der Waals surface area contributed by atoms with Crippen molar-refractivity contribution < 1.29 is 27.6 Å². The van der Waals surface area contributed by atoms with Gasteiger partial charge in [0.1, 0.15) is 35.7 Å². The molecule has 5 rings (SSSR count). The molecule has 1 aliphatic heterocycles. The fourth-order valence-electron chi connectivity index (χ4n) is 4.07. The summed E-state index contributed by atoms with van der Waals surface area (Å²) >= 11 is 4.64. The van der Waals surface area contributed by atoms with Crippen LogP contribution in [0.1, 0.15) is 24.2 Å². The summed E-state index contributed by atoms with van der Waals surface area (Å²) in [5, 5.41) is 2.15. The molecule has 0 spiro atoms. The van der Waals surface area contributed by atoms with Crippen molar-refractivity contribution >= 4 is 39.2 Å². The third-order valence-corrected chi connectivity index (χ3v) is 5.31. The molecule has 2 heterocycles. The van der Waals surface area contributed by atoms with Gasteiger partial charge in [-0.25, -0.2) is 13.6 Å². The van der Waals surface area contributed by atoms with Crippen molar-refractivity contribution in [1.29, 1.82) is 0 Å². The molecule has 4 nitrogen and oxygen atoms in total. The van der Waals surface area contributed by atoms with Crippen molar-refractivity contribution in [3.05, 3.63) is 65.7 Å². The number of aromatic nitrogens is 1. The first-order valence-corrected chi connectivity index (χ1v) is 10.7. The van der Waals surface area contributed by atoms with Gasteiger partial charge in [0.2, 0.25) is 11.2 Å². The molecule has 0 atom stereocenters. The Kier molecular flexibility index (Phi) is 5.73. The van der Waals surface area contributed by atoms with Gasteiger partial charge in [-0.2, -0.15) is 4.57 Å². The summed E-state index contributed by atoms with van der Waals surface area (Å²) in [6.45, 7) is 3.42. The van der Waals surface area contributed by atoms with Gasteiger partial charge in [-0.15, -0.1) is 11.6 Å². The van der Waals surface area contributed by atoms with E-state index in [1.54, 1.807) is 19.9 Å². The van der Waals surface area contributed by atoms with Crippen LogP contribution < -0.4 is 9.30 Å². The molecule has 1 aromatic heterocycles. The second kappa shape index (κ2) is 8.36. The van der Waals surface area contributed by atoms with E-state index < -0.39 is 11.8 Å². The van der Waals surface area contributed by atoms with Gasteiger partial charge in [0.25, 0.3) is 0 Å². The second-order valence-electron chi connectivity index (χ2n) is 7.63. The summed E-state index contributed by atoms with van der Waals surface area (Å²) < 4.78 is 42.0. The van der Waals surface area contributed by atoms with E-state index in [-0.39, 0.29) is 17.5 Å². The minimum Gasteiger partial charge on any atom is -0.459 e. The fraction of sp³-hybridized carbons (Fsp3) is 0.200. The van der Waals surface area contributed by atoms with Crippen molar-refractivity contribution in [3.8, 4) is 22.8 Å². The lowest BCUT2D eigenvalue weighted by atomic mass is 9.95. The molecule has 32 heavy (non-hydrogen) atoms. The fourth-order valence-corrected chi connectivity index (χ4v) is 4.07. The Bertz CT molecular complexity index is 1390. The topological polar surface area (TPSA) is 39.4 Å². The Labute approximate surface area is 188 Å². The molecule has 0 bridgehead atoms. The zero-order chi connectivity index (χ0) is 23.2.